The van der Waals surface area contributed by atoms with E-state index in [1.54, 1.807) is 50.6 Å². The molecule has 0 saturated heterocycles. The highest BCUT2D eigenvalue weighted by molar-refractivity contribution is 5.97. The monoisotopic (exact) mass is 1200 g/mol. The second-order valence-corrected chi connectivity index (χ2v) is 21.3. The van der Waals surface area contributed by atoms with Crippen LogP contribution < -0.4 is 42.6 Å². The van der Waals surface area contributed by atoms with Gasteiger partial charge in [-0.3, -0.25) is 9.59 Å². The normalized spacial score (nSPS) is 13.7. The first-order valence-corrected chi connectivity index (χ1v) is 28.6. The van der Waals surface area contributed by atoms with Gasteiger partial charge < -0.3 is 42.6 Å². The molecule has 10 rings (SSSR count). The average molecular weight is 1200 g/mol. The highest BCUT2D eigenvalue weighted by atomic mass is 19.4. The zero-order valence-electron chi connectivity index (χ0n) is 48.4. The summed E-state index contributed by atoms with van der Waals surface area (Å²) in [7, 11) is 3.24. The van der Waals surface area contributed by atoms with E-state index < -0.39 is 35.3 Å². The van der Waals surface area contributed by atoms with Crippen molar-refractivity contribution in [1.29, 1.82) is 0 Å². The Morgan fingerprint density at radius 3 is 1.37 bits per heavy atom. The highest BCUT2D eigenvalue weighted by Crippen LogP contribution is 2.35. The van der Waals surface area contributed by atoms with Crippen LogP contribution >= 0.6 is 0 Å². The number of nitrogens with one attached hydrogen (secondary N) is 3. The summed E-state index contributed by atoms with van der Waals surface area (Å²) in [6, 6.07) is 44.8. The average Bonchev–Trinajstić information content (AvgIpc) is 2.09. The molecule has 2 atom stereocenters. The summed E-state index contributed by atoms with van der Waals surface area (Å²) in [5, 5.41) is 17.8. The Kier molecular flexibility index (Phi) is 22.4. The third-order valence-corrected chi connectivity index (χ3v) is 14.6. The van der Waals surface area contributed by atoms with Crippen LogP contribution in [0.1, 0.15) is 109 Å². The lowest BCUT2D eigenvalue weighted by Crippen LogP contribution is -2.27. The van der Waals surface area contributed by atoms with Gasteiger partial charge in [-0.2, -0.15) is 36.5 Å². The SMILES string of the molecule is COc1ccc(C(NCC2CC2)c2cccc(CC(=O)c3cc(C(F)(F)F)nn3-c3cccc(CN)c3)c2)cc1.NCCNCCN.[C-]#[N+]c1cccc(-n2nc(C(F)(F)F)cc2C(=O)Cc2cccc(C(NCC3CC3)c3ccc(OC)cc3)c2)c1. The van der Waals surface area contributed by atoms with Crippen molar-refractivity contribution in [2.45, 2.75) is 69.5 Å². The van der Waals surface area contributed by atoms with Crippen molar-refractivity contribution in [2.24, 2.45) is 29.0 Å². The van der Waals surface area contributed by atoms with Gasteiger partial charge in [0.1, 0.15) is 22.9 Å². The van der Waals surface area contributed by atoms with Gasteiger partial charge in [0.15, 0.2) is 28.6 Å². The molecule has 0 amide bonds. The van der Waals surface area contributed by atoms with Gasteiger partial charge >= 0.3 is 12.4 Å². The molecule has 2 aromatic heterocycles. The first-order chi connectivity index (χ1) is 41.9. The maximum Gasteiger partial charge on any atom is 0.435 e. The summed E-state index contributed by atoms with van der Waals surface area (Å²) >= 11 is 0. The van der Waals surface area contributed by atoms with E-state index in [9.17, 15) is 35.9 Å². The van der Waals surface area contributed by atoms with Crippen LogP contribution in [0.3, 0.4) is 0 Å². The van der Waals surface area contributed by atoms with Crippen molar-refractivity contribution in [3.05, 3.63) is 231 Å². The number of Topliss-reactive ketones (excluding diaryl/α,β-unsaturated/α-hetero) is 2. The first kappa shape index (κ1) is 64.5. The fourth-order valence-electron chi connectivity index (χ4n) is 9.65. The molecule has 2 unspecified atom stereocenters. The van der Waals surface area contributed by atoms with E-state index in [1.807, 2.05) is 91.0 Å². The van der Waals surface area contributed by atoms with Crippen LogP contribution in [0.4, 0.5) is 32.0 Å². The molecule has 6 aromatic carbocycles. The molecule has 2 aliphatic rings. The number of nitrogens with two attached hydrogens (primary N) is 3. The minimum absolute atomic E-state index is 0.0780. The van der Waals surface area contributed by atoms with Crippen LogP contribution in [-0.4, -0.2) is 84.6 Å². The largest absolute Gasteiger partial charge is 0.497 e. The molecule has 2 saturated carbocycles. The number of carbonyl (C=O) groups is 2. The first-order valence-electron chi connectivity index (χ1n) is 28.6. The van der Waals surface area contributed by atoms with Crippen LogP contribution in [0.5, 0.6) is 11.5 Å². The van der Waals surface area contributed by atoms with Crippen LogP contribution in [0.25, 0.3) is 16.2 Å². The molecule has 2 fully saturated rings. The number of aromatic nitrogens is 4. The molecule has 21 heteroatoms. The van der Waals surface area contributed by atoms with E-state index in [0.29, 0.717) is 41.7 Å². The number of hydrogen-bond acceptors (Lipinski definition) is 12. The van der Waals surface area contributed by atoms with E-state index in [-0.39, 0.29) is 54.2 Å². The topological polar surface area (TPSA) is 207 Å². The molecule has 0 radical (unpaired) electrons. The summed E-state index contributed by atoms with van der Waals surface area (Å²) in [5.74, 6) is 1.84. The molecule has 9 N–H and O–H groups in total. The minimum atomic E-state index is -4.73. The third kappa shape index (κ3) is 18.3. The molecule has 2 heterocycles. The molecular weight excluding hydrogens is 1120 g/mol. The Morgan fingerprint density at radius 2 is 0.977 bits per heavy atom. The Labute approximate surface area is 502 Å². The summed E-state index contributed by atoms with van der Waals surface area (Å²) in [6.45, 7) is 12.3. The maximum absolute atomic E-state index is 13.6. The summed E-state index contributed by atoms with van der Waals surface area (Å²) in [5.41, 5.74) is 20.3. The lowest BCUT2D eigenvalue weighted by Gasteiger charge is -2.21. The fraction of sp³-hybridized carbons (Fsp3) is 0.318. The number of nitrogens with zero attached hydrogens (tertiary/aromatic N) is 5. The molecule has 15 nitrogen and oxygen atoms in total. The van der Waals surface area contributed by atoms with Crippen molar-refractivity contribution in [2.75, 3.05) is 53.5 Å². The fourth-order valence-corrected chi connectivity index (χ4v) is 9.65. The summed E-state index contributed by atoms with van der Waals surface area (Å²) in [6.07, 6.45) is -4.80. The molecule has 87 heavy (non-hydrogen) atoms. The number of ether oxygens (including phenoxy) is 2. The lowest BCUT2D eigenvalue weighted by molar-refractivity contribution is -0.142. The Balaban J connectivity index is 0.000000203. The Hall–Kier alpha value is -8.49. The maximum atomic E-state index is 13.6. The molecule has 2 aliphatic carbocycles. The lowest BCUT2D eigenvalue weighted by atomic mass is 9.95. The summed E-state index contributed by atoms with van der Waals surface area (Å²) in [4.78, 5) is 30.2. The molecule has 456 valence electrons. The van der Waals surface area contributed by atoms with Crippen molar-refractivity contribution in [3.63, 3.8) is 0 Å². The quantitative estimate of drug-likeness (QED) is 0.0137. The van der Waals surface area contributed by atoms with Crippen molar-refractivity contribution in [1.82, 2.24) is 35.5 Å². The number of halogens is 6. The van der Waals surface area contributed by atoms with Gasteiger partial charge in [-0.1, -0.05) is 97.1 Å². The standard InChI is InChI=1S/C31H27F3N4O2.C31H31F3N4O2.C4H13N3/c1-35-24-7-4-8-25(17-24)38-27(18-29(37-38)31(32,33)34)28(39)16-21-5-3-6-23(15-21)30(36-19-20-9-10-20)22-11-13-26(40-2)14-12-22;1-40-26-12-10-23(11-13-26)30(36-19-20-8-9-20)24-6-2-4-21(14-24)16-28(39)27-17-29(31(32,33)34)37-38(27)25-7-3-5-22(15-25)18-35;5-1-3-7-4-2-6/h3-8,11-15,17-18,20,30,36H,9-10,16,19H2,2H3;2-7,10-15,17,20,30,36H,8-9,16,18-19,35H2,1H3;7H,1-6H2. The number of alkyl halides is 6. The van der Waals surface area contributed by atoms with Crippen molar-refractivity contribution >= 4 is 17.3 Å². The Morgan fingerprint density at radius 1 is 0.563 bits per heavy atom. The number of benzene rings is 6. The molecule has 8 aromatic rings. The van der Waals surface area contributed by atoms with Gasteiger partial charge in [-0.25, -0.2) is 14.2 Å². The van der Waals surface area contributed by atoms with Crippen LogP contribution in [0.15, 0.2) is 158 Å². The third-order valence-electron chi connectivity index (χ3n) is 14.6. The molecular formula is C66H71F6N11O4. The second-order valence-electron chi connectivity index (χ2n) is 21.3. The zero-order chi connectivity index (χ0) is 62.1. The van der Waals surface area contributed by atoms with Gasteiger partial charge in [-0.05, 0) is 138 Å². The number of rotatable bonds is 25. The van der Waals surface area contributed by atoms with E-state index >= 15 is 0 Å². The van der Waals surface area contributed by atoms with Gasteiger partial charge in [0.2, 0.25) is 0 Å². The second kappa shape index (κ2) is 30.2. The van der Waals surface area contributed by atoms with E-state index in [0.717, 1.165) is 87.0 Å². The van der Waals surface area contributed by atoms with Gasteiger partial charge in [0.05, 0.1) is 44.3 Å². The summed E-state index contributed by atoms with van der Waals surface area (Å²) < 4.78 is 94.1. The predicted molar refractivity (Wildman–Crippen MR) is 322 cm³/mol. The molecule has 0 aliphatic heterocycles. The van der Waals surface area contributed by atoms with E-state index in [2.05, 4.69) is 31.0 Å². The van der Waals surface area contributed by atoms with Crippen LogP contribution in [0.2, 0.25) is 0 Å². The van der Waals surface area contributed by atoms with Gasteiger partial charge in [-0.15, -0.1) is 0 Å². The van der Waals surface area contributed by atoms with Crippen molar-refractivity contribution < 1.29 is 45.4 Å². The number of hydrogen-bond donors (Lipinski definition) is 6. The van der Waals surface area contributed by atoms with E-state index in [1.165, 1.54) is 43.9 Å². The number of methoxy groups -OCH3 is 2. The number of carbonyl (C=O) groups excluding carboxylic acids is 2. The molecule has 0 spiro atoms. The van der Waals surface area contributed by atoms with Crippen LogP contribution in [-0.2, 0) is 31.7 Å². The van der Waals surface area contributed by atoms with E-state index in [4.69, 9.17) is 33.2 Å². The van der Waals surface area contributed by atoms with Crippen LogP contribution in [0, 0.1) is 18.4 Å². The Bertz CT molecular complexity index is 3590. The molecule has 0 bridgehead atoms. The van der Waals surface area contributed by atoms with Gasteiger partial charge in [0.25, 0.3) is 0 Å². The highest BCUT2D eigenvalue weighted by Gasteiger charge is 2.38. The minimum Gasteiger partial charge on any atom is -0.497 e. The zero-order valence-corrected chi connectivity index (χ0v) is 48.4. The van der Waals surface area contributed by atoms with Gasteiger partial charge in [0, 0.05) is 57.7 Å². The van der Waals surface area contributed by atoms with Crippen molar-refractivity contribution in [3.8, 4) is 22.9 Å². The predicted octanol–water partition coefficient (Wildman–Crippen LogP) is 11.3. The number of ketones is 2. The smallest absolute Gasteiger partial charge is 0.435 e.